The summed E-state index contributed by atoms with van der Waals surface area (Å²) in [7, 11) is -3.82. The standard InChI is InChI=1S/C29H47N4O6PSi/c1-12-25-26(38-40(36-18-16-30-9)32(20(2)3)21(4)5)27(39-41(10,11)29(6,7)8)28(37-25)31-17-15-22-19-23(33(34)35)13-14-24(22)31/h13-15,17,19-21,25-28H,12,16,18H2,1-8,10-11H3/t25-,26?,27+,28-,40?/m1/s1. The minimum absolute atomic E-state index is 0.0500. The highest BCUT2D eigenvalue weighted by Crippen LogP contribution is 2.52. The molecule has 41 heavy (non-hydrogen) atoms. The molecule has 2 aromatic rings. The van der Waals surface area contributed by atoms with Crippen LogP contribution in [0.15, 0.2) is 30.5 Å². The largest absolute Gasteiger partial charge is 0.407 e. The van der Waals surface area contributed by atoms with Crippen molar-refractivity contribution in [3.63, 3.8) is 0 Å². The van der Waals surface area contributed by atoms with Crippen LogP contribution in [0, 0.1) is 16.7 Å². The molecule has 10 nitrogen and oxygen atoms in total. The van der Waals surface area contributed by atoms with Crippen molar-refractivity contribution >= 4 is 33.4 Å². The minimum atomic E-state index is -2.30. The number of aromatic nitrogens is 1. The molecule has 0 N–H and O–H groups in total. The number of fused-ring (bicyclic) bond motifs is 1. The third-order valence-corrected chi connectivity index (χ3v) is 14.6. The zero-order valence-corrected chi connectivity index (χ0v) is 28.1. The van der Waals surface area contributed by atoms with Crippen LogP contribution in [0.1, 0.15) is 68.0 Å². The molecule has 1 aromatic carbocycles. The predicted molar refractivity (Wildman–Crippen MR) is 166 cm³/mol. The molecule has 0 amide bonds. The Kier molecular flexibility index (Phi) is 11.1. The van der Waals surface area contributed by atoms with Crippen molar-refractivity contribution in [1.82, 2.24) is 9.24 Å². The van der Waals surface area contributed by atoms with Crippen LogP contribution < -0.4 is 0 Å². The van der Waals surface area contributed by atoms with Gasteiger partial charge in [0.05, 0.1) is 16.5 Å². The minimum Gasteiger partial charge on any atom is -0.407 e. The van der Waals surface area contributed by atoms with Crippen LogP contribution in [0.25, 0.3) is 15.7 Å². The lowest BCUT2D eigenvalue weighted by atomic mass is 10.1. The first kappa shape index (κ1) is 33.6. The fraction of sp³-hybridized carbons (Fsp3) is 0.690. The fourth-order valence-corrected chi connectivity index (χ4v) is 7.95. The molecule has 2 heterocycles. The molecule has 12 heteroatoms. The van der Waals surface area contributed by atoms with Gasteiger partial charge < -0.3 is 27.6 Å². The van der Waals surface area contributed by atoms with E-state index in [1.807, 2.05) is 16.8 Å². The van der Waals surface area contributed by atoms with Crippen LogP contribution in [0.2, 0.25) is 18.1 Å². The Bertz CT molecular complexity index is 1220. The summed E-state index contributed by atoms with van der Waals surface area (Å²) in [5, 5.41) is 12.1. The summed E-state index contributed by atoms with van der Waals surface area (Å²) in [6.45, 7) is 29.4. The molecule has 0 aliphatic carbocycles. The van der Waals surface area contributed by atoms with Crippen LogP contribution in [0.3, 0.4) is 0 Å². The van der Waals surface area contributed by atoms with Crippen molar-refractivity contribution < 1.29 is 23.1 Å². The summed E-state index contributed by atoms with van der Waals surface area (Å²) in [6.07, 6.45) is 0.999. The van der Waals surface area contributed by atoms with E-state index < -0.39 is 35.3 Å². The second-order valence-corrected chi connectivity index (χ2v) is 18.8. The number of nitro benzene ring substituents is 1. The maximum Gasteiger partial charge on any atom is 0.270 e. The number of nitrogens with zero attached hydrogens (tertiary/aromatic N) is 4. The molecule has 0 saturated carbocycles. The summed E-state index contributed by atoms with van der Waals surface area (Å²) in [5.41, 5.74) is 0.885. The normalized spacial score (nSPS) is 22.6. The Hall–Kier alpha value is -1.90. The number of hydrogen-bond donors (Lipinski definition) is 0. The number of non-ortho nitro benzene ring substituents is 1. The van der Waals surface area contributed by atoms with Crippen molar-refractivity contribution in [3.8, 4) is 0 Å². The van der Waals surface area contributed by atoms with E-state index in [-0.39, 0.29) is 47.0 Å². The second-order valence-electron chi connectivity index (χ2n) is 12.6. The molecule has 1 aliphatic heterocycles. The van der Waals surface area contributed by atoms with Gasteiger partial charge in [-0.25, -0.2) is 11.2 Å². The van der Waals surface area contributed by atoms with E-state index in [1.165, 1.54) is 6.07 Å². The van der Waals surface area contributed by atoms with Gasteiger partial charge in [0, 0.05) is 35.8 Å². The molecular weight excluding hydrogens is 559 g/mol. The van der Waals surface area contributed by atoms with E-state index >= 15 is 0 Å². The Morgan fingerprint density at radius 1 is 1.20 bits per heavy atom. The molecule has 1 aromatic heterocycles. The molecular formula is C29H47N4O6PSi. The highest BCUT2D eigenvalue weighted by Gasteiger charge is 2.52. The average molecular weight is 607 g/mol. The Morgan fingerprint density at radius 3 is 2.39 bits per heavy atom. The van der Waals surface area contributed by atoms with Gasteiger partial charge in [-0.1, -0.05) is 27.7 Å². The number of benzene rings is 1. The first-order chi connectivity index (χ1) is 19.1. The highest BCUT2D eigenvalue weighted by atomic mass is 31.2. The molecule has 3 rings (SSSR count). The summed E-state index contributed by atoms with van der Waals surface area (Å²) in [4.78, 5) is 14.5. The first-order valence-electron chi connectivity index (χ1n) is 14.4. The van der Waals surface area contributed by atoms with Gasteiger partial charge in [0.25, 0.3) is 14.2 Å². The van der Waals surface area contributed by atoms with E-state index in [1.54, 1.807) is 12.1 Å². The van der Waals surface area contributed by atoms with Crippen molar-refractivity contribution in [2.24, 2.45) is 0 Å². The number of rotatable bonds is 13. The van der Waals surface area contributed by atoms with E-state index in [0.717, 1.165) is 10.9 Å². The molecule has 228 valence electrons. The first-order valence-corrected chi connectivity index (χ1v) is 18.5. The van der Waals surface area contributed by atoms with E-state index in [2.05, 4.69) is 78.0 Å². The maximum absolute atomic E-state index is 11.4. The molecule has 0 bridgehead atoms. The average Bonchev–Trinajstić information content (AvgIpc) is 3.43. The van der Waals surface area contributed by atoms with Gasteiger partial charge in [-0.3, -0.25) is 10.1 Å². The molecule has 5 atom stereocenters. The van der Waals surface area contributed by atoms with Crippen LogP contribution in [-0.2, 0) is 18.2 Å². The van der Waals surface area contributed by atoms with Gasteiger partial charge >= 0.3 is 0 Å². The highest BCUT2D eigenvalue weighted by molar-refractivity contribution is 7.44. The summed E-state index contributed by atoms with van der Waals surface area (Å²) in [5.74, 6) is 0. The number of ether oxygens (including phenoxy) is 1. The lowest BCUT2D eigenvalue weighted by Gasteiger charge is -2.42. The topological polar surface area (TPSA) is 92.6 Å². The van der Waals surface area contributed by atoms with Crippen LogP contribution in [0.4, 0.5) is 5.69 Å². The van der Waals surface area contributed by atoms with Crippen LogP contribution >= 0.6 is 8.53 Å². The molecule has 1 saturated heterocycles. The zero-order valence-electron chi connectivity index (χ0n) is 26.2. The predicted octanol–water partition coefficient (Wildman–Crippen LogP) is 7.91. The molecule has 0 spiro atoms. The van der Waals surface area contributed by atoms with Gasteiger partial charge in [0.15, 0.2) is 14.5 Å². The monoisotopic (exact) mass is 606 g/mol. The zero-order chi connectivity index (χ0) is 30.7. The third kappa shape index (κ3) is 7.55. The second kappa shape index (κ2) is 13.6. The van der Waals surface area contributed by atoms with E-state index in [0.29, 0.717) is 6.42 Å². The third-order valence-electron chi connectivity index (χ3n) is 7.98. The van der Waals surface area contributed by atoms with Gasteiger partial charge in [-0.2, -0.15) is 0 Å². The van der Waals surface area contributed by atoms with Gasteiger partial charge in [-0.05, 0) is 64.4 Å². The lowest BCUT2D eigenvalue weighted by molar-refractivity contribution is -0.384. The lowest BCUT2D eigenvalue weighted by Crippen LogP contribution is -2.49. The molecule has 0 radical (unpaired) electrons. The molecule has 1 fully saturated rings. The number of hydrogen-bond acceptors (Lipinski definition) is 7. The Balaban J connectivity index is 2.10. The summed E-state index contributed by atoms with van der Waals surface area (Å²) < 4.78 is 31.3. The summed E-state index contributed by atoms with van der Waals surface area (Å²) in [6, 6.07) is 7.09. The summed E-state index contributed by atoms with van der Waals surface area (Å²) >= 11 is 0. The maximum atomic E-state index is 11.4. The van der Waals surface area contributed by atoms with E-state index in [4.69, 9.17) is 24.8 Å². The van der Waals surface area contributed by atoms with Gasteiger partial charge in [0.2, 0.25) is 6.54 Å². The smallest absolute Gasteiger partial charge is 0.270 e. The van der Waals surface area contributed by atoms with Gasteiger partial charge in [0.1, 0.15) is 18.8 Å². The number of nitro groups is 1. The van der Waals surface area contributed by atoms with Gasteiger partial charge in [-0.15, -0.1) is 0 Å². The Labute approximate surface area is 247 Å². The van der Waals surface area contributed by atoms with Crippen LogP contribution in [-0.4, -0.2) is 66.0 Å². The van der Waals surface area contributed by atoms with Crippen LogP contribution in [0.5, 0.6) is 0 Å². The van der Waals surface area contributed by atoms with E-state index in [9.17, 15) is 10.1 Å². The van der Waals surface area contributed by atoms with Crippen molar-refractivity contribution in [1.29, 1.82) is 0 Å². The van der Waals surface area contributed by atoms with Crippen molar-refractivity contribution in [2.75, 3.05) is 13.2 Å². The Morgan fingerprint density at radius 2 is 1.85 bits per heavy atom. The quantitative estimate of drug-likeness (QED) is 0.0571. The molecule has 1 aliphatic rings. The SMILES string of the molecule is [C-]#[N+]CCOP(OC1[C@@H](CC)O[C@@H](n2ccc3cc([N+](=O)[O-])ccc32)[C@H]1O[Si](C)(C)C(C)(C)C)N(C(C)C)C(C)C. The fourth-order valence-electron chi connectivity index (χ4n) is 4.91. The van der Waals surface area contributed by atoms with Crippen molar-refractivity contribution in [3.05, 3.63) is 52.0 Å². The van der Waals surface area contributed by atoms with Crippen molar-refractivity contribution in [2.45, 2.75) is 117 Å². The molecule has 2 unspecified atom stereocenters.